The third kappa shape index (κ3) is 4.92. The van der Waals surface area contributed by atoms with Gasteiger partial charge in [0.15, 0.2) is 0 Å². The zero-order chi connectivity index (χ0) is 24.6. The minimum Gasteiger partial charge on any atom is -0.451 e. The molecule has 7 nitrogen and oxygen atoms in total. The SMILES string of the molecule is CC(NC(=O)C(F)(F)F)c1ccc(S(=O)(=O)c2ccoc2S(=O)(=O)c2ccccc2Cl)cc1. The van der Waals surface area contributed by atoms with Crippen LogP contribution in [0.1, 0.15) is 18.5 Å². The summed E-state index contributed by atoms with van der Waals surface area (Å²) in [6, 6.07) is 9.91. The van der Waals surface area contributed by atoms with E-state index in [9.17, 15) is 34.8 Å². The highest BCUT2D eigenvalue weighted by atomic mass is 35.5. The molecule has 0 saturated carbocycles. The van der Waals surface area contributed by atoms with E-state index in [4.69, 9.17) is 16.0 Å². The summed E-state index contributed by atoms with van der Waals surface area (Å²) in [5.74, 6) is -2.14. The van der Waals surface area contributed by atoms with Gasteiger partial charge in [0.2, 0.25) is 24.8 Å². The quantitative estimate of drug-likeness (QED) is 0.516. The number of hydrogen-bond acceptors (Lipinski definition) is 6. The first-order chi connectivity index (χ1) is 15.3. The fourth-order valence-corrected chi connectivity index (χ4v) is 6.51. The number of amides is 1. The molecule has 0 radical (unpaired) electrons. The third-order valence-corrected chi connectivity index (χ3v) is 8.65. The van der Waals surface area contributed by atoms with E-state index >= 15 is 0 Å². The molecule has 0 saturated heterocycles. The van der Waals surface area contributed by atoms with E-state index in [1.54, 1.807) is 5.32 Å². The first-order valence-electron chi connectivity index (χ1n) is 9.06. The summed E-state index contributed by atoms with van der Waals surface area (Å²) in [6.07, 6.45) is -4.16. The van der Waals surface area contributed by atoms with Gasteiger partial charge in [0.05, 0.1) is 27.1 Å². The van der Waals surface area contributed by atoms with Gasteiger partial charge in [0.1, 0.15) is 4.90 Å². The molecular formula is C20H15ClF3NO6S2. The van der Waals surface area contributed by atoms with Crippen molar-refractivity contribution in [2.24, 2.45) is 0 Å². The maximum absolute atomic E-state index is 13.1. The number of halogens is 4. The smallest absolute Gasteiger partial charge is 0.451 e. The second kappa shape index (κ2) is 8.84. The molecule has 3 aromatic rings. The second-order valence-corrected chi connectivity index (χ2v) is 10.9. The lowest BCUT2D eigenvalue weighted by Gasteiger charge is -2.16. The third-order valence-electron chi connectivity index (χ3n) is 4.55. The number of hydrogen-bond donors (Lipinski definition) is 1. The maximum atomic E-state index is 13.1. The zero-order valence-corrected chi connectivity index (χ0v) is 19.0. The van der Waals surface area contributed by atoms with Crippen LogP contribution in [-0.4, -0.2) is 28.9 Å². The van der Waals surface area contributed by atoms with Gasteiger partial charge in [0, 0.05) is 0 Å². The standard InChI is InChI=1S/C20H15ClF3NO6S2/c1-12(25-19(26)20(22,23)24)13-6-8-14(9-7-13)32(27,28)17-10-11-31-18(17)33(29,30)16-5-3-2-4-15(16)21/h2-12H,1H3,(H,25,26). The molecule has 1 unspecified atom stereocenters. The maximum Gasteiger partial charge on any atom is 0.471 e. The number of nitrogens with one attached hydrogen (secondary N) is 1. The monoisotopic (exact) mass is 521 g/mol. The molecule has 0 fully saturated rings. The van der Waals surface area contributed by atoms with E-state index in [2.05, 4.69) is 0 Å². The summed E-state index contributed by atoms with van der Waals surface area (Å²) in [7, 11) is -8.83. The van der Waals surface area contributed by atoms with Gasteiger partial charge in [-0.05, 0) is 42.8 Å². The van der Waals surface area contributed by atoms with Crippen molar-refractivity contribution in [3.8, 4) is 0 Å². The number of alkyl halides is 3. The van der Waals surface area contributed by atoms with E-state index < -0.39 is 47.8 Å². The van der Waals surface area contributed by atoms with E-state index in [1.807, 2.05) is 0 Å². The number of carbonyl (C=O) groups excluding carboxylic acids is 1. The molecule has 0 spiro atoms. The topological polar surface area (TPSA) is 111 Å². The Bertz CT molecular complexity index is 1400. The van der Waals surface area contributed by atoms with Crippen LogP contribution in [0.4, 0.5) is 13.2 Å². The van der Waals surface area contributed by atoms with Crippen molar-refractivity contribution in [1.82, 2.24) is 5.32 Å². The van der Waals surface area contributed by atoms with Crippen LogP contribution < -0.4 is 5.32 Å². The van der Waals surface area contributed by atoms with Crippen molar-refractivity contribution in [2.45, 2.75) is 38.9 Å². The van der Waals surface area contributed by atoms with Crippen molar-refractivity contribution in [2.75, 3.05) is 0 Å². The summed E-state index contributed by atoms with van der Waals surface area (Å²) in [5.41, 5.74) is 0.197. The van der Waals surface area contributed by atoms with Gasteiger partial charge in [-0.15, -0.1) is 0 Å². The van der Waals surface area contributed by atoms with Gasteiger partial charge in [-0.25, -0.2) is 16.8 Å². The van der Waals surface area contributed by atoms with Crippen LogP contribution in [0.25, 0.3) is 0 Å². The average molecular weight is 522 g/mol. The molecular weight excluding hydrogens is 507 g/mol. The van der Waals surface area contributed by atoms with Crippen molar-refractivity contribution in [1.29, 1.82) is 0 Å². The lowest BCUT2D eigenvalue weighted by molar-refractivity contribution is -0.174. The molecule has 1 aromatic heterocycles. The molecule has 0 aliphatic carbocycles. The Morgan fingerprint density at radius 3 is 2.12 bits per heavy atom. The van der Waals surface area contributed by atoms with Gasteiger partial charge < -0.3 is 9.73 Å². The van der Waals surface area contributed by atoms with Crippen LogP contribution >= 0.6 is 11.6 Å². The van der Waals surface area contributed by atoms with Crippen LogP contribution in [0.2, 0.25) is 5.02 Å². The van der Waals surface area contributed by atoms with Crippen LogP contribution in [-0.2, 0) is 24.5 Å². The fourth-order valence-electron chi connectivity index (χ4n) is 2.87. The summed E-state index contributed by atoms with van der Waals surface area (Å²) >= 11 is 5.95. The molecule has 3 rings (SSSR count). The minimum absolute atomic E-state index is 0.128. The highest BCUT2D eigenvalue weighted by Crippen LogP contribution is 2.34. The average Bonchev–Trinajstić information content (AvgIpc) is 3.25. The largest absolute Gasteiger partial charge is 0.471 e. The normalized spacial score (nSPS) is 13.5. The molecule has 1 atom stereocenters. The van der Waals surface area contributed by atoms with Gasteiger partial charge in [-0.1, -0.05) is 35.9 Å². The Hall–Kier alpha value is -2.83. The summed E-state index contributed by atoms with van der Waals surface area (Å²) in [4.78, 5) is 9.78. The number of carbonyl (C=O) groups is 1. The molecule has 1 N–H and O–H groups in total. The lowest BCUT2D eigenvalue weighted by Crippen LogP contribution is -2.38. The predicted octanol–water partition coefficient (Wildman–Crippen LogP) is 4.34. The van der Waals surface area contributed by atoms with E-state index in [0.717, 1.165) is 24.5 Å². The first-order valence-corrected chi connectivity index (χ1v) is 12.4. The van der Waals surface area contributed by atoms with Gasteiger partial charge >= 0.3 is 12.1 Å². The summed E-state index contributed by atoms with van der Waals surface area (Å²) in [6.45, 7) is 1.29. The van der Waals surface area contributed by atoms with Gasteiger partial charge in [-0.2, -0.15) is 13.2 Å². The molecule has 176 valence electrons. The van der Waals surface area contributed by atoms with E-state index in [0.29, 0.717) is 0 Å². The molecule has 0 aliphatic heterocycles. The van der Waals surface area contributed by atoms with Crippen molar-refractivity contribution < 1.29 is 39.2 Å². The zero-order valence-electron chi connectivity index (χ0n) is 16.6. The highest BCUT2D eigenvalue weighted by Gasteiger charge is 2.39. The van der Waals surface area contributed by atoms with E-state index in [-0.39, 0.29) is 20.4 Å². The molecule has 2 aromatic carbocycles. The molecule has 1 amide bonds. The number of rotatable bonds is 6. The molecule has 0 bridgehead atoms. The van der Waals surface area contributed by atoms with Crippen LogP contribution in [0.3, 0.4) is 0 Å². The minimum atomic E-state index is -5.07. The molecule has 33 heavy (non-hydrogen) atoms. The van der Waals surface area contributed by atoms with Gasteiger partial charge in [0.25, 0.3) is 0 Å². The molecule has 0 aliphatic rings. The van der Waals surface area contributed by atoms with Gasteiger partial charge in [-0.3, -0.25) is 4.79 Å². The Kier molecular flexibility index (Phi) is 6.65. The van der Waals surface area contributed by atoms with Crippen molar-refractivity contribution >= 4 is 37.2 Å². The van der Waals surface area contributed by atoms with Crippen LogP contribution in [0.15, 0.2) is 85.1 Å². The second-order valence-electron chi connectivity index (χ2n) is 6.77. The number of sulfone groups is 2. The molecule has 1 heterocycles. The van der Waals surface area contributed by atoms with Crippen LogP contribution in [0, 0.1) is 0 Å². The Morgan fingerprint density at radius 1 is 0.939 bits per heavy atom. The summed E-state index contributed by atoms with van der Waals surface area (Å²) in [5, 5.41) is 0.798. The predicted molar refractivity (Wildman–Crippen MR) is 110 cm³/mol. The lowest BCUT2D eigenvalue weighted by atomic mass is 10.1. The van der Waals surface area contributed by atoms with Crippen LogP contribution in [0.5, 0.6) is 0 Å². The highest BCUT2D eigenvalue weighted by molar-refractivity contribution is 7.94. The van der Waals surface area contributed by atoms with Crippen molar-refractivity contribution in [3.05, 3.63) is 71.4 Å². The fraction of sp³-hybridized carbons (Fsp3) is 0.150. The summed E-state index contributed by atoms with van der Waals surface area (Å²) < 4.78 is 94.4. The Morgan fingerprint density at radius 2 is 1.55 bits per heavy atom. The Balaban J connectivity index is 1.95. The first kappa shape index (κ1) is 24.8. The van der Waals surface area contributed by atoms with Crippen molar-refractivity contribution in [3.63, 3.8) is 0 Å². The Labute approximate surface area is 192 Å². The molecule has 13 heteroatoms. The number of furan rings is 1. The number of benzene rings is 2. The van der Waals surface area contributed by atoms with E-state index in [1.165, 1.54) is 43.3 Å².